The first-order valence-corrected chi connectivity index (χ1v) is 8.14. The van der Waals surface area contributed by atoms with Crippen LogP contribution >= 0.6 is 11.3 Å². The number of aryl methyl sites for hydroxylation is 1. The molecule has 0 spiro atoms. The zero-order valence-electron chi connectivity index (χ0n) is 13.6. The van der Waals surface area contributed by atoms with Gasteiger partial charge in [-0.15, -0.1) is 11.3 Å². The van der Waals surface area contributed by atoms with Gasteiger partial charge in [-0.1, -0.05) is 12.1 Å². The van der Waals surface area contributed by atoms with Gasteiger partial charge in [0.05, 0.1) is 12.1 Å². The third-order valence-corrected chi connectivity index (χ3v) is 5.12. The number of halogens is 4. The minimum atomic E-state index is -4.41. The Bertz CT molecular complexity index is 799. The number of alkyl halides is 3. The Labute approximate surface area is 152 Å². The summed E-state index contributed by atoms with van der Waals surface area (Å²) in [4.78, 5) is 13.8. The number of hydrogen-bond acceptors (Lipinski definition) is 3. The summed E-state index contributed by atoms with van der Waals surface area (Å²) < 4.78 is 39.4. The third-order valence-electron chi connectivity index (χ3n) is 4.02. The van der Waals surface area contributed by atoms with E-state index in [1.165, 1.54) is 23.5 Å². The second-order valence-electron chi connectivity index (χ2n) is 5.57. The van der Waals surface area contributed by atoms with Gasteiger partial charge in [0.15, 0.2) is 10.6 Å². The van der Waals surface area contributed by atoms with E-state index < -0.39 is 11.7 Å². The maximum atomic E-state index is 12.6. The zero-order chi connectivity index (χ0) is 16.6. The fourth-order valence-corrected chi connectivity index (χ4v) is 3.89. The third kappa shape index (κ3) is 3.80. The number of rotatable bonds is 3. The van der Waals surface area contributed by atoms with Gasteiger partial charge >= 0.3 is 7.60 Å². The molecule has 1 aromatic carbocycles. The van der Waals surface area contributed by atoms with Gasteiger partial charge in [0.1, 0.15) is 0 Å². The number of nitrogens with one attached hydrogen (secondary N) is 1. The number of nitrogens with zero attached hydrogens (tertiary/aromatic N) is 1. The quantitative estimate of drug-likeness (QED) is 0.737. The topological polar surface area (TPSA) is 45.9 Å². The lowest BCUT2D eigenvalue weighted by atomic mass is 10.0. The van der Waals surface area contributed by atoms with Crippen molar-refractivity contribution < 1.29 is 36.4 Å². The molecule has 3 rings (SSSR count). The van der Waals surface area contributed by atoms with Crippen molar-refractivity contribution in [1.29, 1.82) is 5.41 Å². The van der Waals surface area contributed by atoms with Gasteiger partial charge in [-0.3, -0.25) is 10.2 Å². The van der Waals surface area contributed by atoms with Crippen molar-refractivity contribution in [3.63, 3.8) is 0 Å². The number of thiazole rings is 1. The second-order valence-corrected chi connectivity index (χ2v) is 6.65. The molecule has 0 unspecified atom stereocenters. The Kier molecular flexibility index (Phi) is 5.70. The van der Waals surface area contributed by atoms with E-state index in [0.29, 0.717) is 4.80 Å². The first-order chi connectivity index (χ1) is 10.9. The zero-order valence-corrected chi connectivity index (χ0v) is 15.0. The number of carbonyl (C=O) groups excluding carboxylic acids is 1. The highest BCUT2D eigenvalue weighted by Gasteiger charge is 2.30. The predicted molar refractivity (Wildman–Crippen MR) is 81.7 cm³/mol. The monoisotopic (exact) mass is 420 g/mol. The fraction of sp³-hybridized carbons (Fsp3) is 0.375. The van der Waals surface area contributed by atoms with Crippen LogP contribution in [0.5, 0.6) is 0 Å². The van der Waals surface area contributed by atoms with Gasteiger partial charge in [-0.25, -0.2) is 0 Å². The van der Waals surface area contributed by atoms with Crippen LogP contribution in [0.4, 0.5) is 13.2 Å². The molecule has 130 valence electrons. The lowest BCUT2D eigenvalue weighted by Gasteiger charge is -2.14. The van der Waals surface area contributed by atoms with Crippen LogP contribution in [0, 0.1) is 5.41 Å². The number of Topliss-reactive ketones (excluding diaryl/α,β-unsaturated/α-hetero) is 1. The van der Waals surface area contributed by atoms with E-state index in [-0.39, 0.29) is 36.3 Å². The molecule has 1 aliphatic rings. The van der Waals surface area contributed by atoms with Crippen molar-refractivity contribution in [2.45, 2.75) is 38.4 Å². The largest absolute Gasteiger partial charge is 1.00 e. The van der Waals surface area contributed by atoms with E-state index in [1.54, 1.807) is 4.57 Å². The number of aromatic nitrogens is 1. The predicted octanol–water partition coefficient (Wildman–Crippen LogP) is 0.926. The lowest BCUT2D eigenvalue weighted by Crippen LogP contribution is -3.00. The second kappa shape index (κ2) is 7.23. The maximum absolute atomic E-state index is 12.6. The Morgan fingerprint density at radius 2 is 1.83 bits per heavy atom. The number of benzene rings is 1. The van der Waals surface area contributed by atoms with Crippen molar-refractivity contribution in [2.24, 2.45) is 0 Å². The molecular formula is C16H16BrF3N2OS. The van der Waals surface area contributed by atoms with E-state index in [2.05, 4.69) is 0 Å². The molecule has 2 aromatic rings. The fourth-order valence-electron chi connectivity index (χ4n) is 2.80. The molecule has 0 saturated heterocycles. The molecule has 3 nitrogen and oxygen atoms in total. The molecule has 1 aromatic heterocycles. The summed E-state index contributed by atoms with van der Waals surface area (Å²) in [5.74, 6) is -0.275. The highest BCUT2D eigenvalue weighted by atomic mass is 79.9. The summed E-state index contributed by atoms with van der Waals surface area (Å²) in [5, 5.41) is 8.02. The van der Waals surface area contributed by atoms with Crippen LogP contribution in [0.2, 0.25) is 0 Å². The minimum absolute atomic E-state index is 0. The molecule has 0 fully saturated rings. The van der Waals surface area contributed by atoms with E-state index in [9.17, 15) is 18.0 Å². The SMILES string of the molecule is N=c1sc2c(n1CC(=O)c1ccc(C(F)(F)F)cc1)CCCC2.[Br-].[H+]. The molecule has 24 heavy (non-hydrogen) atoms. The number of hydrogen-bond donors (Lipinski definition) is 1. The number of ketones is 1. The molecule has 8 heteroatoms. The molecule has 1 heterocycles. The molecule has 0 bridgehead atoms. The summed E-state index contributed by atoms with van der Waals surface area (Å²) in [7, 11) is 0. The van der Waals surface area contributed by atoms with Gasteiger partial charge in [0, 0.05) is 16.1 Å². The van der Waals surface area contributed by atoms with Crippen LogP contribution in [0.25, 0.3) is 0 Å². The van der Waals surface area contributed by atoms with Crippen molar-refractivity contribution in [1.82, 2.24) is 4.57 Å². The Hall–Kier alpha value is -1.41. The molecule has 1 N–H and O–H groups in total. The van der Waals surface area contributed by atoms with Crippen LogP contribution in [-0.2, 0) is 25.6 Å². The van der Waals surface area contributed by atoms with E-state index >= 15 is 0 Å². The summed E-state index contributed by atoms with van der Waals surface area (Å²) in [6.07, 6.45) is -0.479. The van der Waals surface area contributed by atoms with E-state index in [0.717, 1.165) is 48.4 Å². The number of fused-ring (bicyclic) bond motifs is 1. The molecular weight excluding hydrogens is 405 g/mol. The van der Waals surface area contributed by atoms with Gasteiger partial charge in [0.2, 0.25) is 0 Å². The Morgan fingerprint density at radius 1 is 1.21 bits per heavy atom. The van der Waals surface area contributed by atoms with Gasteiger partial charge in [-0.2, -0.15) is 13.2 Å². The van der Waals surface area contributed by atoms with Gasteiger partial charge < -0.3 is 21.5 Å². The molecule has 0 radical (unpaired) electrons. The minimum Gasteiger partial charge on any atom is -1.00 e. The van der Waals surface area contributed by atoms with Crippen molar-refractivity contribution >= 4 is 17.1 Å². The van der Waals surface area contributed by atoms with E-state index in [1.807, 2.05) is 0 Å². The van der Waals surface area contributed by atoms with Gasteiger partial charge in [-0.05, 0) is 37.8 Å². The van der Waals surface area contributed by atoms with Gasteiger partial charge in [0.25, 0.3) is 0 Å². The summed E-state index contributed by atoms with van der Waals surface area (Å²) in [6, 6.07) is 4.24. The summed E-state index contributed by atoms with van der Waals surface area (Å²) in [5.41, 5.74) is 0.503. The summed E-state index contributed by atoms with van der Waals surface area (Å²) in [6.45, 7) is 0.00995. The van der Waals surface area contributed by atoms with Crippen molar-refractivity contribution in [3.8, 4) is 0 Å². The Balaban J connectivity index is 0.00000156. The molecule has 0 amide bonds. The summed E-state index contributed by atoms with van der Waals surface area (Å²) >= 11 is 1.39. The lowest BCUT2D eigenvalue weighted by molar-refractivity contribution is -0.137. The first-order valence-electron chi connectivity index (χ1n) is 7.32. The normalized spacial score (nSPS) is 14.0. The maximum Gasteiger partial charge on any atom is 1.00 e. The first kappa shape index (κ1) is 18.9. The van der Waals surface area contributed by atoms with Crippen LogP contribution in [0.3, 0.4) is 0 Å². The molecule has 0 saturated carbocycles. The molecule has 1 aliphatic carbocycles. The standard InChI is InChI=1S/C16H15F3N2OS.BrH/c17-16(18,19)11-7-5-10(6-8-11)13(22)9-21-12-3-1-2-4-14(12)23-15(21)20;/h5-8,20H,1-4,9H2;1H. The highest BCUT2D eigenvalue weighted by Crippen LogP contribution is 2.29. The average molecular weight is 421 g/mol. The highest BCUT2D eigenvalue weighted by molar-refractivity contribution is 7.09. The van der Waals surface area contributed by atoms with E-state index in [4.69, 9.17) is 5.41 Å². The van der Waals surface area contributed by atoms with Crippen molar-refractivity contribution in [3.05, 3.63) is 50.8 Å². The van der Waals surface area contributed by atoms with Crippen LogP contribution in [0.1, 0.15) is 40.8 Å². The number of carbonyl (C=O) groups is 1. The van der Waals surface area contributed by atoms with Crippen LogP contribution in [-0.4, -0.2) is 10.4 Å². The van der Waals surface area contributed by atoms with Crippen molar-refractivity contribution in [2.75, 3.05) is 0 Å². The Morgan fingerprint density at radius 3 is 2.46 bits per heavy atom. The molecule has 0 atom stereocenters. The average Bonchev–Trinajstić information content (AvgIpc) is 2.82. The molecule has 0 aliphatic heterocycles. The van der Waals surface area contributed by atoms with Crippen LogP contribution in [0.15, 0.2) is 24.3 Å². The van der Waals surface area contributed by atoms with Crippen LogP contribution < -0.4 is 21.8 Å². The smallest absolute Gasteiger partial charge is 1.00 e.